The van der Waals surface area contributed by atoms with E-state index in [1.54, 1.807) is 12.1 Å². The van der Waals surface area contributed by atoms with E-state index in [0.717, 1.165) is 18.7 Å². The van der Waals surface area contributed by atoms with Gasteiger partial charge in [-0.25, -0.2) is 0 Å². The Kier molecular flexibility index (Phi) is 4.27. The first-order chi connectivity index (χ1) is 9.63. The molecule has 0 fully saturated rings. The molecule has 0 amide bonds. The van der Waals surface area contributed by atoms with Crippen molar-refractivity contribution in [2.45, 2.75) is 19.9 Å². The number of nitrogens with zero attached hydrogens (tertiary/aromatic N) is 2. The van der Waals surface area contributed by atoms with Gasteiger partial charge in [0.1, 0.15) is 0 Å². The summed E-state index contributed by atoms with van der Waals surface area (Å²) >= 11 is 0. The van der Waals surface area contributed by atoms with Gasteiger partial charge in [-0.1, -0.05) is 31.2 Å². The highest BCUT2D eigenvalue weighted by Crippen LogP contribution is 2.24. The zero-order valence-corrected chi connectivity index (χ0v) is 11.9. The van der Waals surface area contributed by atoms with Crippen LogP contribution in [0, 0.1) is 11.3 Å². The van der Waals surface area contributed by atoms with Crippen molar-refractivity contribution >= 4 is 11.4 Å². The van der Waals surface area contributed by atoms with Gasteiger partial charge >= 0.3 is 0 Å². The maximum absolute atomic E-state index is 8.86. The average Bonchev–Trinajstić information content (AvgIpc) is 2.47. The summed E-state index contributed by atoms with van der Waals surface area (Å²) in [6.45, 7) is 2.94. The molecule has 0 aromatic heterocycles. The molecule has 0 saturated carbocycles. The Morgan fingerprint density at radius 2 is 1.75 bits per heavy atom. The van der Waals surface area contributed by atoms with Crippen molar-refractivity contribution in [3.05, 3.63) is 59.2 Å². The van der Waals surface area contributed by atoms with Crippen LogP contribution in [-0.4, -0.2) is 7.05 Å². The Labute approximate surface area is 120 Å². The predicted molar refractivity (Wildman–Crippen MR) is 83.5 cm³/mol. The minimum absolute atomic E-state index is 0.590. The Morgan fingerprint density at radius 3 is 2.30 bits per heavy atom. The summed E-state index contributed by atoms with van der Waals surface area (Å²) in [6.07, 6.45) is 1.05. The van der Waals surface area contributed by atoms with Crippen LogP contribution >= 0.6 is 0 Å². The smallest absolute Gasteiger partial charge is 0.0992 e. The van der Waals surface area contributed by atoms with Crippen molar-refractivity contribution in [1.29, 1.82) is 5.26 Å². The molecule has 0 radical (unpaired) electrons. The number of nitriles is 1. The lowest BCUT2D eigenvalue weighted by Crippen LogP contribution is -2.17. The number of anilines is 2. The quantitative estimate of drug-likeness (QED) is 0.863. The predicted octanol–water partition coefficient (Wildman–Crippen LogP) is 3.34. The molecule has 0 atom stereocenters. The topological polar surface area (TPSA) is 53.0 Å². The van der Waals surface area contributed by atoms with Crippen molar-refractivity contribution < 1.29 is 0 Å². The van der Waals surface area contributed by atoms with E-state index in [9.17, 15) is 0 Å². The summed E-state index contributed by atoms with van der Waals surface area (Å²) in [5.41, 5.74) is 10.8. The number of hydrogen-bond acceptors (Lipinski definition) is 3. The summed E-state index contributed by atoms with van der Waals surface area (Å²) in [5, 5.41) is 8.86. The van der Waals surface area contributed by atoms with E-state index in [4.69, 9.17) is 11.0 Å². The van der Waals surface area contributed by atoms with E-state index >= 15 is 0 Å². The molecular weight excluding hydrogens is 246 g/mol. The number of benzene rings is 2. The number of nitrogens with two attached hydrogens (primary N) is 1. The van der Waals surface area contributed by atoms with Gasteiger partial charge in [-0.05, 0) is 35.7 Å². The highest BCUT2D eigenvalue weighted by atomic mass is 15.1. The van der Waals surface area contributed by atoms with E-state index in [1.807, 2.05) is 13.1 Å². The average molecular weight is 265 g/mol. The van der Waals surface area contributed by atoms with Gasteiger partial charge in [0.05, 0.1) is 23.0 Å². The molecular formula is C17H19N3. The van der Waals surface area contributed by atoms with E-state index in [0.29, 0.717) is 11.3 Å². The summed E-state index contributed by atoms with van der Waals surface area (Å²) in [4.78, 5) is 2.09. The molecule has 0 heterocycles. The van der Waals surface area contributed by atoms with Crippen molar-refractivity contribution in [3.63, 3.8) is 0 Å². The lowest BCUT2D eigenvalue weighted by atomic mass is 10.1. The normalized spacial score (nSPS) is 10.1. The van der Waals surface area contributed by atoms with E-state index in [1.165, 1.54) is 11.1 Å². The first kappa shape index (κ1) is 14.0. The van der Waals surface area contributed by atoms with Gasteiger partial charge in [0.2, 0.25) is 0 Å². The Morgan fingerprint density at radius 1 is 1.10 bits per heavy atom. The second-order valence-corrected chi connectivity index (χ2v) is 4.91. The number of rotatable bonds is 4. The molecule has 0 aliphatic carbocycles. The van der Waals surface area contributed by atoms with Crippen LogP contribution in [-0.2, 0) is 13.0 Å². The van der Waals surface area contributed by atoms with Gasteiger partial charge in [-0.3, -0.25) is 0 Å². The summed E-state index contributed by atoms with van der Waals surface area (Å²) < 4.78 is 0. The van der Waals surface area contributed by atoms with Gasteiger partial charge in [-0.15, -0.1) is 0 Å². The van der Waals surface area contributed by atoms with Gasteiger partial charge in [-0.2, -0.15) is 5.26 Å². The molecule has 2 N–H and O–H groups in total. The standard InChI is InChI=1S/C17H19N3/c1-3-13-4-6-14(7-5-13)12-20(2)17-9-8-15(11-18)10-16(17)19/h4-10H,3,12,19H2,1-2H3. The minimum Gasteiger partial charge on any atom is -0.397 e. The SMILES string of the molecule is CCc1ccc(CN(C)c2ccc(C#N)cc2N)cc1. The molecule has 20 heavy (non-hydrogen) atoms. The van der Waals surface area contributed by atoms with Crippen LogP contribution in [0.1, 0.15) is 23.6 Å². The van der Waals surface area contributed by atoms with Crippen molar-refractivity contribution in [3.8, 4) is 6.07 Å². The lowest BCUT2D eigenvalue weighted by Gasteiger charge is -2.21. The Balaban J connectivity index is 2.15. The first-order valence-electron chi connectivity index (χ1n) is 6.72. The number of nitrogen functional groups attached to an aromatic ring is 1. The first-order valence-corrected chi connectivity index (χ1v) is 6.72. The number of aryl methyl sites for hydroxylation is 1. The van der Waals surface area contributed by atoms with Crippen LogP contribution in [0.25, 0.3) is 0 Å². The van der Waals surface area contributed by atoms with Gasteiger partial charge in [0, 0.05) is 13.6 Å². The molecule has 102 valence electrons. The molecule has 2 aromatic carbocycles. The van der Waals surface area contributed by atoms with Crippen LogP contribution in [0.4, 0.5) is 11.4 Å². The fourth-order valence-corrected chi connectivity index (χ4v) is 2.21. The molecule has 2 aromatic rings. The van der Waals surface area contributed by atoms with Gasteiger partial charge < -0.3 is 10.6 Å². The molecule has 3 nitrogen and oxygen atoms in total. The third-order valence-electron chi connectivity index (χ3n) is 3.42. The maximum Gasteiger partial charge on any atom is 0.0992 e. The third kappa shape index (κ3) is 3.10. The monoisotopic (exact) mass is 265 g/mol. The zero-order chi connectivity index (χ0) is 14.5. The molecule has 0 bridgehead atoms. The minimum atomic E-state index is 0.590. The largest absolute Gasteiger partial charge is 0.397 e. The molecule has 0 saturated heterocycles. The molecule has 2 rings (SSSR count). The van der Waals surface area contributed by atoms with Crippen molar-refractivity contribution in [2.24, 2.45) is 0 Å². The molecule has 0 unspecified atom stereocenters. The molecule has 3 heteroatoms. The Bertz CT molecular complexity index is 624. The summed E-state index contributed by atoms with van der Waals surface area (Å²) in [5.74, 6) is 0. The van der Waals surface area contributed by atoms with Gasteiger partial charge in [0.15, 0.2) is 0 Å². The van der Waals surface area contributed by atoms with Crippen LogP contribution in [0.5, 0.6) is 0 Å². The maximum atomic E-state index is 8.86. The van der Waals surface area contributed by atoms with Crippen LogP contribution in [0.3, 0.4) is 0 Å². The second-order valence-electron chi connectivity index (χ2n) is 4.91. The highest BCUT2D eigenvalue weighted by Gasteiger charge is 2.07. The lowest BCUT2D eigenvalue weighted by molar-refractivity contribution is 0.922. The zero-order valence-electron chi connectivity index (χ0n) is 11.9. The second kappa shape index (κ2) is 6.12. The van der Waals surface area contributed by atoms with Crippen molar-refractivity contribution in [1.82, 2.24) is 0 Å². The summed E-state index contributed by atoms with van der Waals surface area (Å²) in [6, 6.07) is 16.1. The van der Waals surface area contributed by atoms with E-state index < -0.39 is 0 Å². The fourth-order valence-electron chi connectivity index (χ4n) is 2.21. The molecule has 0 aliphatic heterocycles. The van der Waals surface area contributed by atoms with E-state index in [2.05, 4.69) is 42.2 Å². The third-order valence-corrected chi connectivity index (χ3v) is 3.42. The molecule has 0 spiro atoms. The van der Waals surface area contributed by atoms with Crippen LogP contribution in [0.2, 0.25) is 0 Å². The fraction of sp³-hybridized carbons (Fsp3) is 0.235. The number of hydrogen-bond donors (Lipinski definition) is 1. The molecule has 0 aliphatic rings. The Hall–Kier alpha value is -2.47. The van der Waals surface area contributed by atoms with E-state index in [-0.39, 0.29) is 0 Å². The van der Waals surface area contributed by atoms with Gasteiger partial charge in [0.25, 0.3) is 0 Å². The van der Waals surface area contributed by atoms with Crippen LogP contribution in [0.15, 0.2) is 42.5 Å². The van der Waals surface area contributed by atoms with Crippen molar-refractivity contribution in [2.75, 3.05) is 17.7 Å². The van der Waals surface area contributed by atoms with Crippen LogP contribution < -0.4 is 10.6 Å². The summed E-state index contributed by atoms with van der Waals surface area (Å²) in [7, 11) is 2.01. The highest BCUT2D eigenvalue weighted by molar-refractivity contribution is 5.69.